The summed E-state index contributed by atoms with van der Waals surface area (Å²) < 4.78 is 4.50. The third-order valence-corrected chi connectivity index (χ3v) is 5.48. The molecule has 126 valence electrons. The van der Waals surface area contributed by atoms with Gasteiger partial charge in [-0.2, -0.15) is 4.37 Å². The molecule has 6 heteroatoms. The van der Waals surface area contributed by atoms with Crippen LogP contribution >= 0.6 is 11.5 Å². The second-order valence-corrected chi connectivity index (χ2v) is 7.44. The molecule has 4 rings (SSSR count). The summed E-state index contributed by atoms with van der Waals surface area (Å²) in [6, 6.07) is 7.85. The summed E-state index contributed by atoms with van der Waals surface area (Å²) in [5, 5.41) is 1.02. The minimum absolute atomic E-state index is 0.136. The van der Waals surface area contributed by atoms with Gasteiger partial charge in [0.2, 0.25) is 5.13 Å². The van der Waals surface area contributed by atoms with Crippen molar-refractivity contribution in [3.8, 4) is 0 Å². The highest BCUT2D eigenvalue weighted by atomic mass is 32.1. The van der Waals surface area contributed by atoms with E-state index in [1.165, 1.54) is 24.4 Å². The molecule has 24 heavy (non-hydrogen) atoms. The van der Waals surface area contributed by atoms with E-state index in [1.54, 1.807) is 0 Å². The monoisotopic (exact) mass is 342 g/mol. The maximum absolute atomic E-state index is 12.7. The van der Waals surface area contributed by atoms with Crippen LogP contribution in [0.5, 0.6) is 0 Å². The van der Waals surface area contributed by atoms with Crippen LogP contribution in [0.25, 0.3) is 0 Å². The van der Waals surface area contributed by atoms with E-state index in [-0.39, 0.29) is 5.91 Å². The minimum atomic E-state index is 0.136. The van der Waals surface area contributed by atoms with E-state index in [0.29, 0.717) is 5.92 Å². The average Bonchev–Trinajstić information content (AvgIpc) is 3.37. The first-order valence-corrected chi connectivity index (χ1v) is 9.42. The van der Waals surface area contributed by atoms with Crippen LogP contribution in [0.15, 0.2) is 24.3 Å². The normalized spacial score (nSPS) is 18.5. The highest BCUT2D eigenvalue weighted by Crippen LogP contribution is 2.39. The van der Waals surface area contributed by atoms with Crippen LogP contribution in [0.1, 0.15) is 46.9 Å². The van der Waals surface area contributed by atoms with Gasteiger partial charge in [0.1, 0.15) is 5.82 Å². The van der Waals surface area contributed by atoms with Gasteiger partial charge in [-0.05, 0) is 38.3 Å². The molecule has 2 fully saturated rings. The van der Waals surface area contributed by atoms with E-state index < -0.39 is 0 Å². The fourth-order valence-electron chi connectivity index (χ4n) is 3.13. The highest BCUT2D eigenvalue weighted by molar-refractivity contribution is 7.09. The molecule has 2 aromatic rings. The Labute approximate surface area is 146 Å². The molecule has 0 spiro atoms. The van der Waals surface area contributed by atoms with Crippen molar-refractivity contribution in [2.45, 2.75) is 32.1 Å². The van der Waals surface area contributed by atoms with Crippen LogP contribution < -0.4 is 4.90 Å². The Morgan fingerprint density at radius 1 is 1.21 bits per heavy atom. The molecule has 1 saturated heterocycles. The Bertz CT molecular complexity index is 740. The van der Waals surface area contributed by atoms with E-state index >= 15 is 0 Å². The summed E-state index contributed by atoms with van der Waals surface area (Å²) in [6.07, 6.45) is 3.43. The van der Waals surface area contributed by atoms with Gasteiger partial charge in [-0.1, -0.05) is 17.7 Å². The lowest BCUT2D eigenvalue weighted by atomic mass is 10.1. The molecule has 0 bridgehead atoms. The molecule has 2 heterocycles. The lowest BCUT2D eigenvalue weighted by molar-refractivity contribution is 0.0767. The van der Waals surface area contributed by atoms with Gasteiger partial charge in [-0.15, -0.1) is 0 Å². The lowest BCUT2D eigenvalue weighted by Gasteiger charge is -2.21. The third-order valence-electron chi connectivity index (χ3n) is 4.69. The molecule has 1 aliphatic carbocycles. The molecular weight excluding hydrogens is 320 g/mol. The van der Waals surface area contributed by atoms with Crippen molar-refractivity contribution in [3.05, 3.63) is 41.2 Å². The smallest absolute Gasteiger partial charge is 0.253 e. The average molecular weight is 342 g/mol. The minimum Gasteiger partial charge on any atom is -0.345 e. The van der Waals surface area contributed by atoms with Gasteiger partial charge in [0.15, 0.2) is 0 Å². The van der Waals surface area contributed by atoms with Gasteiger partial charge in [0.05, 0.1) is 0 Å². The third kappa shape index (κ3) is 3.29. The number of hydrogen-bond acceptors (Lipinski definition) is 5. The number of amides is 1. The number of anilines is 1. The van der Waals surface area contributed by atoms with Crippen LogP contribution in [0.2, 0.25) is 0 Å². The summed E-state index contributed by atoms with van der Waals surface area (Å²) in [5.41, 5.74) is 1.91. The first-order chi connectivity index (χ1) is 11.7. The Balaban J connectivity index is 1.42. The Morgan fingerprint density at radius 3 is 2.88 bits per heavy atom. The molecule has 1 saturated carbocycles. The molecule has 1 amide bonds. The Hall–Kier alpha value is -1.95. The fraction of sp³-hybridized carbons (Fsp3) is 0.500. The van der Waals surface area contributed by atoms with Crippen molar-refractivity contribution in [2.75, 3.05) is 31.1 Å². The molecule has 1 aliphatic heterocycles. The Kier molecular flexibility index (Phi) is 4.22. The van der Waals surface area contributed by atoms with Crippen molar-refractivity contribution in [2.24, 2.45) is 0 Å². The van der Waals surface area contributed by atoms with Crippen LogP contribution in [-0.2, 0) is 0 Å². The first-order valence-electron chi connectivity index (χ1n) is 8.65. The summed E-state index contributed by atoms with van der Waals surface area (Å²) in [5.74, 6) is 1.75. The molecule has 1 aromatic heterocycles. The van der Waals surface area contributed by atoms with Crippen LogP contribution in [0.3, 0.4) is 0 Å². The standard InChI is InChI=1S/C18H22N4OS/c1-13-4-2-5-15(12-13)17(23)21-8-3-9-22(11-10-21)18-19-16(20-24-18)14-6-7-14/h2,4-5,12,14H,3,6-11H2,1H3. The number of carbonyl (C=O) groups is 1. The predicted molar refractivity (Wildman–Crippen MR) is 95.8 cm³/mol. The van der Waals surface area contributed by atoms with Gasteiger partial charge >= 0.3 is 0 Å². The zero-order valence-corrected chi connectivity index (χ0v) is 14.8. The molecule has 5 nitrogen and oxygen atoms in total. The van der Waals surface area contributed by atoms with Crippen LogP contribution in [0.4, 0.5) is 5.13 Å². The van der Waals surface area contributed by atoms with Crippen molar-refractivity contribution < 1.29 is 4.79 Å². The summed E-state index contributed by atoms with van der Waals surface area (Å²) in [4.78, 5) is 21.7. The van der Waals surface area contributed by atoms with E-state index in [0.717, 1.165) is 54.7 Å². The number of nitrogens with zero attached hydrogens (tertiary/aromatic N) is 4. The zero-order chi connectivity index (χ0) is 16.5. The van der Waals surface area contributed by atoms with E-state index in [2.05, 4.69) is 9.27 Å². The van der Waals surface area contributed by atoms with Crippen molar-refractivity contribution >= 4 is 22.6 Å². The number of rotatable bonds is 3. The maximum atomic E-state index is 12.7. The molecule has 0 N–H and O–H groups in total. The molecular formula is C18H22N4OS. The van der Waals surface area contributed by atoms with Crippen LogP contribution in [0, 0.1) is 6.92 Å². The molecule has 2 aliphatic rings. The van der Waals surface area contributed by atoms with Gasteiger partial charge in [-0.25, -0.2) is 4.98 Å². The van der Waals surface area contributed by atoms with E-state index in [1.807, 2.05) is 36.1 Å². The maximum Gasteiger partial charge on any atom is 0.253 e. The van der Waals surface area contributed by atoms with Crippen molar-refractivity contribution in [1.82, 2.24) is 14.3 Å². The van der Waals surface area contributed by atoms with E-state index in [4.69, 9.17) is 4.98 Å². The summed E-state index contributed by atoms with van der Waals surface area (Å²) >= 11 is 1.50. The number of hydrogen-bond donors (Lipinski definition) is 0. The highest BCUT2D eigenvalue weighted by Gasteiger charge is 2.29. The molecule has 1 aromatic carbocycles. The number of benzene rings is 1. The van der Waals surface area contributed by atoms with Crippen molar-refractivity contribution in [3.63, 3.8) is 0 Å². The Morgan fingerprint density at radius 2 is 2.08 bits per heavy atom. The largest absolute Gasteiger partial charge is 0.345 e. The summed E-state index contributed by atoms with van der Waals surface area (Å²) in [7, 11) is 0. The number of aryl methyl sites for hydroxylation is 1. The zero-order valence-electron chi connectivity index (χ0n) is 13.9. The van der Waals surface area contributed by atoms with Gasteiger partial charge in [0, 0.05) is 49.2 Å². The van der Waals surface area contributed by atoms with Gasteiger partial charge < -0.3 is 9.80 Å². The number of carbonyl (C=O) groups excluding carboxylic acids is 1. The van der Waals surface area contributed by atoms with Crippen LogP contribution in [-0.4, -0.2) is 46.3 Å². The summed E-state index contributed by atoms with van der Waals surface area (Å²) in [6.45, 7) is 5.34. The lowest BCUT2D eigenvalue weighted by Crippen LogP contribution is -2.35. The fourth-order valence-corrected chi connectivity index (χ4v) is 3.93. The SMILES string of the molecule is Cc1cccc(C(=O)N2CCCN(c3nc(C4CC4)ns3)CC2)c1. The quantitative estimate of drug-likeness (QED) is 0.860. The van der Waals surface area contributed by atoms with Gasteiger partial charge in [-0.3, -0.25) is 4.79 Å². The number of aromatic nitrogens is 2. The van der Waals surface area contributed by atoms with Crippen molar-refractivity contribution in [1.29, 1.82) is 0 Å². The van der Waals surface area contributed by atoms with E-state index in [9.17, 15) is 4.79 Å². The first kappa shape index (κ1) is 15.6. The second kappa shape index (κ2) is 6.51. The molecule has 0 unspecified atom stereocenters. The predicted octanol–water partition coefficient (Wildman–Crippen LogP) is 3.08. The molecule has 0 radical (unpaired) electrons. The molecule has 0 atom stereocenters. The second-order valence-electron chi connectivity index (χ2n) is 6.71. The van der Waals surface area contributed by atoms with Gasteiger partial charge in [0.25, 0.3) is 5.91 Å². The topological polar surface area (TPSA) is 49.3 Å².